The van der Waals surface area contributed by atoms with Gasteiger partial charge in [-0.05, 0) is 0 Å². The predicted molar refractivity (Wildman–Crippen MR) is 41.9 cm³/mol. The molecule has 0 rings (SSSR count). The molecule has 15 nitrogen and oxygen atoms in total. The zero-order chi connectivity index (χ0) is 10.7. The summed E-state index contributed by atoms with van der Waals surface area (Å²) < 4.78 is 0. The van der Waals surface area contributed by atoms with Crippen LogP contribution in [0.3, 0.4) is 0 Å². The van der Waals surface area contributed by atoms with Crippen LogP contribution in [0.4, 0.5) is 0 Å². The third kappa shape index (κ3) is 1080. The van der Waals surface area contributed by atoms with Crippen LogP contribution in [0.15, 0.2) is 0 Å². The first-order chi connectivity index (χ1) is 5.20. The average molecular weight is 407 g/mol. The van der Waals surface area contributed by atoms with Gasteiger partial charge in [-0.2, -0.15) is 0 Å². The fourth-order valence-corrected chi connectivity index (χ4v) is 0. The summed E-state index contributed by atoms with van der Waals surface area (Å²) in [5.41, 5.74) is 0. The van der Waals surface area contributed by atoms with Gasteiger partial charge in [0, 0.05) is 0 Å². The van der Waals surface area contributed by atoms with E-state index in [1.54, 1.807) is 0 Å². The van der Waals surface area contributed by atoms with Crippen LogP contribution in [-0.2, 0) is 0 Å². The molecule has 0 atom stereocenters. The van der Waals surface area contributed by atoms with Crippen molar-refractivity contribution >= 4 is 0 Å². The van der Waals surface area contributed by atoms with Crippen LogP contribution in [-0.4, -0.2) is 31.7 Å². The second kappa shape index (κ2) is 37.2. The quantitative estimate of drug-likeness (QED) is 0.288. The molecule has 0 aromatic carbocycles. The van der Waals surface area contributed by atoms with Crippen LogP contribution in [0.2, 0.25) is 0 Å². The minimum atomic E-state index is -1.75. The van der Waals surface area contributed by atoms with Gasteiger partial charge in [0.15, 0.2) is 0 Å². The molecule has 0 fully saturated rings. The number of hydrogen-bond acceptors (Lipinski definition) is 9. The molecule has 16 heavy (non-hydrogen) atoms. The van der Waals surface area contributed by atoms with Gasteiger partial charge in [-0.1, -0.05) is 0 Å². The fourth-order valence-electron chi connectivity index (χ4n) is 0. The third-order valence-electron chi connectivity index (χ3n) is 0. The largest absolute Gasteiger partial charge is 3.00 e. The van der Waals surface area contributed by atoms with Crippen molar-refractivity contribution in [2.45, 2.75) is 0 Å². The van der Waals surface area contributed by atoms with Gasteiger partial charge >= 0.3 is 37.3 Å². The molecule has 0 saturated carbocycles. The van der Waals surface area contributed by atoms with Crippen molar-refractivity contribution < 1.29 is 69.0 Å². The minimum Gasteiger partial charge on any atom is -0.412 e. The Morgan fingerprint density at radius 1 is 0.500 bits per heavy atom. The van der Waals surface area contributed by atoms with Crippen molar-refractivity contribution in [3.8, 4) is 0 Å². The summed E-state index contributed by atoms with van der Waals surface area (Å²) >= 11 is 0. The van der Waals surface area contributed by atoms with Crippen molar-refractivity contribution in [2.75, 3.05) is 0 Å². The molecule has 0 aliphatic heterocycles. The molecule has 0 aromatic rings. The molecule has 16 heteroatoms. The monoisotopic (exact) mass is 406 g/mol. The first kappa shape index (κ1) is 46.5. The van der Waals surface area contributed by atoms with Gasteiger partial charge < -0.3 is 62.4 Å². The molecule has 0 heterocycles. The first-order valence-electron chi connectivity index (χ1n) is 1.64. The molecular weight excluding hydrogens is 401 g/mol. The van der Waals surface area contributed by atoms with Crippen LogP contribution < -0.4 is 0 Å². The Morgan fingerprint density at radius 2 is 0.500 bits per heavy atom. The zero-order valence-electron chi connectivity index (χ0n) is 6.80. The van der Waals surface area contributed by atoms with Gasteiger partial charge in [0.25, 0.3) is 0 Å². The molecule has 0 aliphatic carbocycles. The van der Waals surface area contributed by atoms with E-state index in [-0.39, 0.29) is 53.7 Å². The maximum absolute atomic E-state index is 8.25. The first-order valence-corrected chi connectivity index (χ1v) is 1.64. The smallest absolute Gasteiger partial charge is 0.412 e. The van der Waals surface area contributed by atoms with Crippen molar-refractivity contribution in [3.05, 3.63) is 46.0 Å². The SMILES string of the molecule is O.O.O.O=[N+]([O-])[O-].O=[N+]([O-])[O-].O=[N+]([O-])[O-].[Er+3]. The predicted octanol–water partition coefficient (Wildman–Crippen LogP) is -3.19. The number of nitrogens with zero attached hydrogens (tertiary/aromatic N) is 3. The van der Waals surface area contributed by atoms with Gasteiger partial charge in [0.2, 0.25) is 0 Å². The molecule has 105 valence electrons. The van der Waals surface area contributed by atoms with Crippen LogP contribution in [0.1, 0.15) is 0 Å². The summed E-state index contributed by atoms with van der Waals surface area (Å²) in [5, 5.41) is 44.2. The maximum Gasteiger partial charge on any atom is 3.00 e. The molecule has 0 amide bonds. The molecule has 0 unspecified atom stereocenters. The zero-order valence-corrected chi connectivity index (χ0v) is 8.66. The maximum atomic E-state index is 8.25. The van der Waals surface area contributed by atoms with E-state index < -0.39 is 15.3 Å². The van der Waals surface area contributed by atoms with Crippen molar-refractivity contribution in [1.29, 1.82) is 0 Å². The molecule has 0 saturated heterocycles. The topological polar surface area (TPSA) is 293 Å². The number of rotatable bonds is 0. The fraction of sp³-hybridized carbons (Fsp3) is 0. The molecule has 1 radical (unpaired) electrons. The molecular formula is H6ErN3O12. The summed E-state index contributed by atoms with van der Waals surface area (Å²) in [6, 6.07) is 0. The third-order valence-corrected chi connectivity index (χ3v) is 0. The second-order valence-electron chi connectivity index (χ2n) is 0.671. The van der Waals surface area contributed by atoms with E-state index in [1.807, 2.05) is 0 Å². The molecule has 6 N–H and O–H groups in total. The van der Waals surface area contributed by atoms with E-state index in [9.17, 15) is 0 Å². The van der Waals surface area contributed by atoms with Gasteiger partial charge in [0.05, 0.1) is 15.3 Å². The molecule has 0 aromatic heterocycles. The second-order valence-corrected chi connectivity index (χ2v) is 0.671. The normalized spacial score (nSPS) is 4.50. The van der Waals surface area contributed by atoms with E-state index in [0.29, 0.717) is 0 Å². The Labute approximate surface area is 115 Å². The van der Waals surface area contributed by atoms with Gasteiger partial charge in [0.1, 0.15) is 0 Å². The standard InChI is InChI=1S/Er.3NO3.3H2O/c;3*2-1(3)4;;;/h;;;;3*1H2/q+3;3*-1;;;. The molecule has 0 spiro atoms. The Hall–Kier alpha value is -1.27. The van der Waals surface area contributed by atoms with Gasteiger partial charge in [-0.3, -0.25) is 0 Å². The summed E-state index contributed by atoms with van der Waals surface area (Å²) in [5.74, 6) is 0. The van der Waals surface area contributed by atoms with Crippen LogP contribution in [0.5, 0.6) is 0 Å². The van der Waals surface area contributed by atoms with Crippen molar-refractivity contribution in [1.82, 2.24) is 0 Å². The van der Waals surface area contributed by atoms with Crippen molar-refractivity contribution in [2.24, 2.45) is 0 Å². The van der Waals surface area contributed by atoms with Gasteiger partial charge in [-0.25, -0.2) is 0 Å². The average Bonchev–Trinajstić information content (AvgIpc) is 1.54. The van der Waals surface area contributed by atoms with E-state index in [1.165, 1.54) is 0 Å². The van der Waals surface area contributed by atoms with Crippen LogP contribution in [0, 0.1) is 83.3 Å². The van der Waals surface area contributed by atoms with E-state index >= 15 is 0 Å². The summed E-state index contributed by atoms with van der Waals surface area (Å²) in [7, 11) is 0. The minimum absolute atomic E-state index is 0. The summed E-state index contributed by atoms with van der Waals surface area (Å²) in [6.45, 7) is 0. The van der Waals surface area contributed by atoms with Gasteiger partial charge in [-0.15, -0.1) is 0 Å². The summed E-state index contributed by atoms with van der Waals surface area (Å²) in [6.07, 6.45) is 0. The molecule has 0 bridgehead atoms. The Kier molecular flexibility index (Phi) is 108. The number of hydrogen-bond donors (Lipinski definition) is 0. The Balaban J connectivity index is -0.0000000135. The Bertz CT molecular complexity index is 114. The summed E-state index contributed by atoms with van der Waals surface area (Å²) in [4.78, 5) is 24.8. The van der Waals surface area contributed by atoms with Crippen LogP contribution >= 0.6 is 0 Å². The van der Waals surface area contributed by atoms with Crippen molar-refractivity contribution in [3.63, 3.8) is 0 Å². The van der Waals surface area contributed by atoms with E-state index in [4.69, 9.17) is 46.0 Å². The Morgan fingerprint density at radius 3 is 0.500 bits per heavy atom. The van der Waals surface area contributed by atoms with E-state index in [2.05, 4.69) is 0 Å². The molecule has 0 aliphatic rings. The van der Waals surface area contributed by atoms with E-state index in [0.717, 1.165) is 0 Å². The van der Waals surface area contributed by atoms with Crippen LogP contribution in [0.25, 0.3) is 0 Å².